The summed E-state index contributed by atoms with van der Waals surface area (Å²) in [7, 11) is 1.37. The van der Waals surface area contributed by atoms with Crippen LogP contribution in [0.2, 0.25) is 10.0 Å². The summed E-state index contributed by atoms with van der Waals surface area (Å²) in [5.41, 5.74) is -1.79. The van der Waals surface area contributed by atoms with E-state index in [-0.39, 0.29) is 50.2 Å². The molecule has 0 atom stereocenters. The number of nitrogens with one attached hydrogen (secondary N) is 1. The van der Waals surface area contributed by atoms with Crippen LogP contribution in [0.15, 0.2) is 57.0 Å². The smallest absolute Gasteiger partial charge is 0.417 e. The predicted molar refractivity (Wildman–Crippen MR) is 138 cm³/mol. The van der Waals surface area contributed by atoms with Crippen molar-refractivity contribution in [2.24, 2.45) is 12.0 Å². The summed E-state index contributed by atoms with van der Waals surface area (Å²) in [5, 5.41) is 11.8. The van der Waals surface area contributed by atoms with Crippen molar-refractivity contribution >= 4 is 41.1 Å². The van der Waals surface area contributed by atoms with Crippen LogP contribution in [-0.4, -0.2) is 40.5 Å². The molecule has 0 unspecified atom stereocenters. The highest BCUT2D eigenvalue weighted by Crippen LogP contribution is 2.36. The van der Waals surface area contributed by atoms with Gasteiger partial charge in [0, 0.05) is 18.6 Å². The second-order valence-corrected chi connectivity index (χ2v) is 8.65. The first-order valence-electron chi connectivity index (χ1n) is 11.1. The normalized spacial score (nSPS) is 11.8. The van der Waals surface area contributed by atoms with E-state index in [0.29, 0.717) is 11.1 Å². The topological polar surface area (TPSA) is 107 Å². The molecule has 204 valence electrons. The van der Waals surface area contributed by atoms with E-state index >= 15 is 0 Å². The van der Waals surface area contributed by atoms with Gasteiger partial charge in [-0.25, -0.2) is 4.79 Å². The molecule has 1 aromatic heterocycles. The highest BCUT2D eigenvalue weighted by Gasteiger charge is 2.33. The molecule has 0 radical (unpaired) electrons. The summed E-state index contributed by atoms with van der Waals surface area (Å²) in [5.74, 6) is -0.327. The highest BCUT2D eigenvalue weighted by atomic mass is 35.5. The van der Waals surface area contributed by atoms with E-state index < -0.39 is 28.0 Å². The summed E-state index contributed by atoms with van der Waals surface area (Å²) in [6.07, 6.45) is -3.87. The van der Waals surface area contributed by atoms with Crippen molar-refractivity contribution in [1.82, 2.24) is 9.13 Å². The average Bonchev–Trinajstić information content (AvgIpc) is 2.87. The second kappa shape index (κ2) is 13.0. The molecule has 0 aliphatic heterocycles. The van der Waals surface area contributed by atoms with Crippen LogP contribution >= 0.6 is 23.2 Å². The summed E-state index contributed by atoms with van der Waals surface area (Å²) in [4.78, 5) is 30.2. The lowest BCUT2D eigenvalue weighted by Crippen LogP contribution is -2.41. The minimum absolute atomic E-state index is 0.00381. The Kier molecular flexibility index (Phi) is 9.97. The fourth-order valence-corrected chi connectivity index (χ4v) is 3.66. The molecule has 2 N–H and O–H groups in total. The second-order valence-electron chi connectivity index (χ2n) is 7.80. The molecule has 0 amide bonds. The molecule has 1 heterocycles. The predicted octanol–water partition coefficient (Wildman–Crippen LogP) is 4.23. The van der Waals surface area contributed by atoms with E-state index in [1.165, 1.54) is 13.1 Å². The number of halogens is 5. The number of alkyl halides is 3. The molecular formula is C24H23Cl2F3N4O5. The van der Waals surface area contributed by atoms with E-state index in [1.54, 1.807) is 24.3 Å². The zero-order valence-corrected chi connectivity index (χ0v) is 21.5. The zero-order valence-electron chi connectivity index (χ0n) is 20.0. The molecule has 0 aliphatic carbocycles. The molecule has 0 saturated heterocycles. The van der Waals surface area contributed by atoms with Gasteiger partial charge in [0.15, 0.2) is 12.2 Å². The number of hydrogen-bond donors (Lipinski definition) is 2. The number of anilines is 1. The number of aliphatic imine (C=N–C) groups is 1. The third-order valence-corrected chi connectivity index (χ3v) is 5.78. The Labute approximate surface area is 224 Å². The van der Waals surface area contributed by atoms with E-state index in [2.05, 4.69) is 10.3 Å². The molecule has 38 heavy (non-hydrogen) atoms. The molecule has 0 fully saturated rings. The number of benzene rings is 2. The quantitative estimate of drug-likeness (QED) is 0.201. The van der Waals surface area contributed by atoms with Crippen molar-refractivity contribution in [2.75, 3.05) is 25.1 Å². The molecule has 2 aromatic carbocycles. The van der Waals surface area contributed by atoms with Crippen LogP contribution in [-0.2, 0) is 31.1 Å². The summed E-state index contributed by atoms with van der Waals surface area (Å²) < 4.78 is 51.8. The fourth-order valence-electron chi connectivity index (χ4n) is 3.31. The van der Waals surface area contributed by atoms with Gasteiger partial charge in [-0.05, 0) is 35.9 Å². The molecule has 3 aromatic rings. The van der Waals surface area contributed by atoms with Gasteiger partial charge in [-0.1, -0.05) is 35.3 Å². The van der Waals surface area contributed by atoms with Gasteiger partial charge in [-0.15, -0.1) is 0 Å². The molecule has 14 heteroatoms. The number of aliphatic hydroxyl groups excluding tert-OH is 1. The zero-order chi connectivity index (χ0) is 27.9. The van der Waals surface area contributed by atoms with Gasteiger partial charge in [0.05, 0.1) is 37.0 Å². The Morgan fingerprint density at radius 1 is 1.11 bits per heavy atom. The fraction of sp³-hybridized carbons (Fsp3) is 0.292. The van der Waals surface area contributed by atoms with Crippen LogP contribution in [0.25, 0.3) is 0 Å². The minimum Gasteiger partial charge on any atom is -0.446 e. The molecule has 0 bridgehead atoms. The third-order valence-electron chi connectivity index (χ3n) is 5.20. The highest BCUT2D eigenvalue weighted by molar-refractivity contribution is 6.31. The van der Waals surface area contributed by atoms with Crippen LogP contribution < -0.4 is 21.3 Å². The Hall–Kier alpha value is -3.32. The lowest BCUT2D eigenvalue weighted by atomic mass is 10.2. The van der Waals surface area contributed by atoms with Crippen molar-refractivity contribution in [3.8, 4) is 5.75 Å². The molecule has 0 aliphatic rings. The number of aliphatic hydroxyl groups is 1. The van der Waals surface area contributed by atoms with E-state index in [4.69, 9.17) is 37.8 Å². The number of ether oxygens (including phenoxy) is 2. The van der Waals surface area contributed by atoms with Crippen molar-refractivity contribution in [3.05, 3.63) is 84.5 Å². The maximum absolute atomic E-state index is 13.2. The average molecular weight is 575 g/mol. The Morgan fingerprint density at radius 2 is 1.82 bits per heavy atom. The molecule has 9 nitrogen and oxygen atoms in total. The van der Waals surface area contributed by atoms with Crippen LogP contribution in [0.4, 0.5) is 24.7 Å². The van der Waals surface area contributed by atoms with Gasteiger partial charge in [-0.3, -0.25) is 13.9 Å². The van der Waals surface area contributed by atoms with Gasteiger partial charge < -0.3 is 19.9 Å². The van der Waals surface area contributed by atoms with Crippen molar-refractivity contribution in [1.29, 1.82) is 0 Å². The maximum atomic E-state index is 13.2. The number of hydrogen-bond acceptors (Lipinski definition) is 7. The lowest BCUT2D eigenvalue weighted by molar-refractivity contribution is -0.137. The first-order valence-corrected chi connectivity index (χ1v) is 11.8. The SMILES string of the molecule is Cn1c(N=COc2ccc(Cl)c(C(F)(F)F)c2)c(NCc2ccc(Cl)cc2)c(=O)n(CCOCCO)c1=O. The van der Waals surface area contributed by atoms with Gasteiger partial charge in [0.2, 0.25) is 0 Å². The van der Waals surface area contributed by atoms with Crippen LogP contribution in [0.5, 0.6) is 5.75 Å². The molecule has 0 saturated carbocycles. The van der Waals surface area contributed by atoms with Crippen LogP contribution in [0, 0.1) is 0 Å². The summed E-state index contributed by atoms with van der Waals surface area (Å²) >= 11 is 11.5. The van der Waals surface area contributed by atoms with Crippen LogP contribution in [0.3, 0.4) is 0 Å². The minimum atomic E-state index is -4.69. The first-order chi connectivity index (χ1) is 18.0. The lowest BCUT2D eigenvalue weighted by Gasteiger charge is -2.15. The Morgan fingerprint density at radius 3 is 2.47 bits per heavy atom. The van der Waals surface area contributed by atoms with E-state index in [9.17, 15) is 22.8 Å². The molecule has 3 rings (SSSR count). The Balaban J connectivity index is 1.95. The number of nitrogens with zero attached hydrogens (tertiary/aromatic N) is 3. The molecule has 0 spiro atoms. The van der Waals surface area contributed by atoms with Crippen molar-refractivity contribution in [2.45, 2.75) is 19.3 Å². The van der Waals surface area contributed by atoms with Crippen LogP contribution in [0.1, 0.15) is 11.1 Å². The van der Waals surface area contributed by atoms with Crippen molar-refractivity contribution < 1.29 is 27.8 Å². The number of aromatic nitrogens is 2. The standard InChI is InChI=1S/C24H23Cl2F3N4O5/c1-32-21(31-14-38-17-6-7-19(26)18(12-17)24(27,28)29)20(30-13-15-2-4-16(25)5-3-15)22(35)33(23(32)36)8-10-37-11-9-34/h2-7,12,14,30,34H,8-11,13H2,1H3. The Bertz CT molecular complexity index is 1410. The summed E-state index contributed by atoms with van der Waals surface area (Å²) in [6, 6.07) is 9.77. The first kappa shape index (κ1) is 29.2. The van der Waals surface area contributed by atoms with Gasteiger partial charge in [-0.2, -0.15) is 18.2 Å². The third kappa shape index (κ3) is 7.38. The molecular weight excluding hydrogens is 552 g/mol. The maximum Gasteiger partial charge on any atom is 0.417 e. The van der Waals surface area contributed by atoms with Gasteiger partial charge in [0.25, 0.3) is 5.56 Å². The number of rotatable bonds is 11. The summed E-state index contributed by atoms with van der Waals surface area (Å²) in [6.45, 7) is -0.104. The van der Waals surface area contributed by atoms with Gasteiger partial charge in [0.1, 0.15) is 11.4 Å². The van der Waals surface area contributed by atoms with Crippen molar-refractivity contribution in [3.63, 3.8) is 0 Å². The largest absolute Gasteiger partial charge is 0.446 e. The van der Waals surface area contributed by atoms with E-state index in [0.717, 1.165) is 27.2 Å². The van der Waals surface area contributed by atoms with Gasteiger partial charge >= 0.3 is 11.9 Å². The monoisotopic (exact) mass is 574 g/mol. The van der Waals surface area contributed by atoms with E-state index in [1.807, 2.05) is 0 Å².